The van der Waals surface area contributed by atoms with Gasteiger partial charge in [-0.15, -0.1) is 0 Å². The molecule has 59 heavy (non-hydrogen) atoms. The van der Waals surface area contributed by atoms with Crippen LogP contribution in [0.1, 0.15) is 25.0 Å². The van der Waals surface area contributed by atoms with Gasteiger partial charge in [-0.3, -0.25) is 0 Å². The molecule has 3 nitrogen and oxygen atoms in total. The lowest BCUT2D eigenvalue weighted by molar-refractivity contribution is 0.633. The Hall–Kier alpha value is -7.30. The highest BCUT2D eigenvalue weighted by Gasteiger charge is 2.50. The van der Waals surface area contributed by atoms with Crippen LogP contribution in [0, 0.1) is 0 Å². The van der Waals surface area contributed by atoms with Crippen molar-refractivity contribution < 1.29 is 4.42 Å². The molecular weight excluding hydrogens is 715 g/mol. The summed E-state index contributed by atoms with van der Waals surface area (Å²) in [7, 11) is 0. The SMILES string of the molecule is CC1(C)c2cc3ccccc3cc2N2c3cc(-c4ccccc4)cc4c3B(c3cccc1c32)N(c1cccc2c1oc1ccccc12)c1ccc(-c2ccccc2)cc1-4. The second-order valence-corrected chi connectivity index (χ2v) is 16.9. The first-order valence-corrected chi connectivity index (χ1v) is 20.6. The lowest BCUT2D eigenvalue weighted by atomic mass is 9.42. The minimum Gasteiger partial charge on any atom is -0.454 e. The van der Waals surface area contributed by atoms with Crippen molar-refractivity contribution in [3.05, 3.63) is 199 Å². The van der Waals surface area contributed by atoms with Crippen molar-refractivity contribution in [1.29, 1.82) is 0 Å². The molecule has 3 aliphatic heterocycles. The Morgan fingerprint density at radius 1 is 0.458 bits per heavy atom. The summed E-state index contributed by atoms with van der Waals surface area (Å²) >= 11 is 0. The second kappa shape index (κ2) is 11.9. The van der Waals surface area contributed by atoms with E-state index in [2.05, 4.69) is 212 Å². The topological polar surface area (TPSA) is 19.6 Å². The zero-order chi connectivity index (χ0) is 39.0. The van der Waals surface area contributed by atoms with Crippen LogP contribution in [-0.2, 0) is 5.41 Å². The number of fused-ring (bicyclic) bond motifs is 10. The average molecular weight is 753 g/mol. The summed E-state index contributed by atoms with van der Waals surface area (Å²) in [5.74, 6) is 0. The van der Waals surface area contributed by atoms with Gasteiger partial charge >= 0.3 is 6.85 Å². The molecule has 0 fully saturated rings. The van der Waals surface area contributed by atoms with Crippen LogP contribution >= 0.6 is 0 Å². The van der Waals surface area contributed by atoms with E-state index in [1.165, 1.54) is 89.0 Å². The highest BCUT2D eigenvalue weighted by atomic mass is 16.3. The van der Waals surface area contributed by atoms with Crippen molar-refractivity contribution in [2.45, 2.75) is 19.3 Å². The van der Waals surface area contributed by atoms with Crippen molar-refractivity contribution in [3.63, 3.8) is 0 Å². The molecule has 9 aromatic carbocycles. The largest absolute Gasteiger partial charge is 0.454 e. The van der Waals surface area contributed by atoms with Crippen LogP contribution in [0.4, 0.5) is 28.4 Å². The molecule has 4 heteroatoms. The monoisotopic (exact) mass is 752 g/mol. The Bertz CT molecular complexity index is 3380. The zero-order valence-electron chi connectivity index (χ0n) is 32.8. The molecule has 0 amide bonds. The van der Waals surface area contributed by atoms with Gasteiger partial charge in [-0.05, 0) is 109 Å². The number of para-hydroxylation sites is 3. The fraction of sp³-hybridized carbons (Fsp3) is 0.0545. The van der Waals surface area contributed by atoms with Gasteiger partial charge in [0.1, 0.15) is 5.58 Å². The quantitative estimate of drug-likeness (QED) is 0.168. The van der Waals surface area contributed by atoms with Crippen LogP contribution in [0.3, 0.4) is 0 Å². The van der Waals surface area contributed by atoms with Crippen LogP contribution in [0.25, 0.3) is 66.1 Å². The highest BCUT2D eigenvalue weighted by molar-refractivity contribution is 6.94. The van der Waals surface area contributed by atoms with E-state index in [0.29, 0.717) is 0 Å². The van der Waals surface area contributed by atoms with E-state index < -0.39 is 0 Å². The van der Waals surface area contributed by atoms with E-state index in [-0.39, 0.29) is 12.3 Å². The smallest absolute Gasteiger partial charge is 0.333 e. The molecular formula is C55H37BN2O. The third kappa shape index (κ3) is 4.49. The van der Waals surface area contributed by atoms with Crippen LogP contribution < -0.4 is 20.6 Å². The first kappa shape index (κ1) is 32.8. The molecule has 0 N–H and O–H groups in total. The number of benzene rings is 9. The van der Waals surface area contributed by atoms with E-state index in [0.717, 1.165) is 27.6 Å². The summed E-state index contributed by atoms with van der Waals surface area (Å²) in [6, 6.07) is 69.5. The summed E-state index contributed by atoms with van der Waals surface area (Å²) in [6.45, 7) is 4.68. The molecule has 0 aliphatic carbocycles. The van der Waals surface area contributed by atoms with Crippen LogP contribution in [0.15, 0.2) is 192 Å². The van der Waals surface area contributed by atoms with Crippen molar-refractivity contribution in [2.24, 2.45) is 0 Å². The summed E-state index contributed by atoms with van der Waals surface area (Å²) in [6.07, 6.45) is 0. The summed E-state index contributed by atoms with van der Waals surface area (Å²) < 4.78 is 6.88. The van der Waals surface area contributed by atoms with Crippen molar-refractivity contribution in [3.8, 4) is 33.4 Å². The Kier molecular flexibility index (Phi) is 6.59. The standard InChI is InChI=1S/C55H37BN2O/c1-55(2)44-23-14-24-46-53(44)57(49-32-37-20-10-9-19-36(37)31-45(49)55)50-33-39(35-17-7-4-8-18-35)30-43-42-29-38(34-15-5-3-6-16-34)27-28-47(42)58(56(46)52(43)50)48-25-13-22-41-40-21-11-12-26-51(40)59-54(41)48/h3-33H,1-2H3. The molecule has 10 aromatic rings. The molecule has 0 unspecified atom stereocenters. The van der Waals surface area contributed by atoms with Crippen LogP contribution in [0.5, 0.6) is 0 Å². The maximum Gasteiger partial charge on any atom is 0.333 e. The fourth-order valence-electron chi connectivity index (χ4n) is 10.6. The molecule has 0 atom stereocenters. The van der Waals surface area contributed by atoms with E-state index >= 15 is 0 Å². The van der Waals surface area contributed by atoms with Gasteiger partial charge in [0.05, 0.1) is 11.4 Å². The molecule has 3 aliphatic rings. The van der Waals surface area contributed by atoms with Gasteiger partial charge in [0, 0.05) is 38.8 Å². The van der Waals surface area contributed by atoms with Gasteiger partial charge in [-0.25, -0.2) is 0 Å². The number of anilines is 5. The lowest BCUT2D eigenvalue weighted by Gasteiger charge is -2.50. The minimum atomic E-state index is -0.251. The predicted molar refractivity (Wildman–Crippen MR) is 248 cm³/mol. The number of hydrogen-bond donors (Lipinski definition) is 0. The van der Waals surface area contributed by atoms with Crippen molar-refractivity contribution in [2.75, 3.05) is 9.71 Å². The molecule has 13 rings (SSSR count). The first-order chi connectivity index (χ1) is 29.0. The molecule has 0 saturated carbocycles. The summed E-state index contributed by atoms with van der Waals surface area (Å²) in [5, 5.41) is 4.77. The fourth-order valence-corrected chi connectivity index (χ4v) is 10.6. The van der Waals surface area contributed by atoms with Gasteiger partial charge in [0.2, 0.25) is 0 Å². The van der Waals surface area contributed by atoms with Crippen molar-refractivity contribution in [1.82, 2.24) is 0 Å². The molecule has 0 spiro atoms. The van der Waals surface area contributed by atoms with Crippen LogP contribution in [-0.4, -0.2) is 6.85 Å². The van der Waals surface area contributed by atoms with Gasteiger partial charge in [-0.1, -0.05) is 153 Å². The summed E-state index contributed by atoms with van der Waals surface area (Å²) in [5.41, 5.74) is 20.1. The lowest BCUT2D eigenvalue weighted by Crippen LogP contribution is -2.62. The molecule has 4 heterocycles. The molecule has 276 valence electrons. The number of rotatable bonds is 3. The third-order valence-corrected chi connectivity index (χ3v) is 13.4. The molecule has 0 saturated heterocycles. The van der Waals surface area contributed by atoms with Gasteiger partial charge < -0.3 is 14.1 Å². The van der Waals surface area contributed by atoms with E-state index in [1.807, 2.05) is 0 Å². The Morgan fingerprint density at radius 2 is 1.14 bits per heavy atom. The van der Waals surface area contributed by atoms with E-state index in [1.54, 1.807) is 0 Å². The van der Waals surface area contributed by atoms with Crippen LogP contribution in [0.2, 0.25) is 0 Å². The average Bonchev–Trinajstić information content (AvgIpc) is 3.68. The second-order valence-electron chi connectivity index (χ2n) is 16.9. The molecule has 1 aromatic heterocycles. The van der Waals surface area contributed by atoms with Crippen molar-refractivity contribution >= 4 is 78.9 Å². The summed E-state index contributed by atoms with van der Waals surface area (Å²) in [4.78, 5) is 5.21. The maximum absolute atomic E-state index is 6.88. The minimum absolute atomic E-state index is 0.136. The molecule has 0 bridgehead atoms. The van der Waals surface area contributed by atoms with Gasteiger partial charge in [0.15, 0.2) is 5.58 Å². The van der Waals surface area contributed by atoms with Gasteiger partial charge in [0.25, 0.3) is 0 Å². The van der Waals surface area contributed by atoms with E-state index in [4.69, 9.17) is 4.42 Å². The van der Waals surface area contributed by atoms with E-state index in [9.17, 15) is 0 Å². The number of hydrogen-bond acceptors (Lipinski definition) is 3. The first-order valence-electron chi connectivity index (χ1n) is 20.6. The third-order valence-electron chi connectivity index (χ3n) is 13.4. The Labute approximate surface area is 343 Å². The Morgan fingerprint density at radius 3 is 1.95 bits per heavy atom. The maximum atomic E-state index is 6.88. The normalized spacial score (nSPS) is 14.3. The Balaban J connectivity index is 1.19. The predicted octanol–water partition coefficient (Wildman–Crippen LogP) is 13.4. The zero-order valence-corrected chi connectivity index (χ0v) is 32.8. The molecule has 0 radical (unpaired) electrons. The highest BCUT2D eigenvalue weighted by Crippen LogP contribution is 2.56. The number of nitrogens with zero attached hydrogens (tertiary/aromatic N) is 2. The number of furan rings is 1. The van der Waals surface area contributed by atoms with Gasteiger partial charge in [-0.2, -0.15) is 0 Å².